The molecule has 0 aliphatic carbocycles. The Morgan fingerprint density at radius 2 is 1.94 bits per heavy atom. The lowest BCUT2D eigenvalue weighted by Gasteiger charge is -2.11. The average molecular weight is 247 g/mol. The van der Waals surface area contributed by atoms with Crippen LogP contribution in [0, 0.1) is 5.41 Å². The maximum Gasteiger partial charge on any atom is 0.320 e. The Hall–Kier alpha value is -1.47. The Balaban J connectivity index is 0. The molecule has 0 bridgehead atoms. The minimum atomic E-state index is -0.862. The summed E-state index contributed by atoms with van der Waals surface area (Å²) in [6.45, 7) is 1.98. The first-order chi connectivity index (χ1) is 7.95. The van der Waals surface area contributed by atoms with E-state index in [-0.39, 0.29) is 0 Å². The van der Waals surface area contributed by atoms with Crippen LogP contribution in [-0.2, 0) is 9.59 Å². The number of aliphatic carboxylic acids is 2. The number of carboxylic acid groups (broad SMARTS) is 2. The maximum absolute atomic E-state index is 10.6. The fourth-order valence-electron chi connectivity index (χ4n) is 1.01. The minimum Gasteiger partial charge on any atom is -0.481 e. The average Bonchev–Trinajstić information content (AvgIpc) is 2.22. The second kappa shape index (κ2) is 12.6. The van der Waals surface area contributed by atoms with Crippen LogP contribution < -0.4 is 11.1 Å². The van der Waals surface area contributed by atoms with E-state index in [0.29, 0.717) is 19.5 Å². The van der Waals surface area contributed by atoms with Gasteiger partial charge in [0.05, 0.1) is 0 Å². The van der Waals surface area contributed by atoms with Crippen LogP contribution in [0.1, 0.15) is 26.2 Å². The van der Waals surface area contributed by atoms with Crippen molar-refractivity contribution in [3.8, 4) is 0 Å². The second-order valence-electron chi connectivity index (χ2n) is 3.31. The van der Waals surface area contributed by atoms with Crippen LogP contribution in [0.2, 0.25) is 0 Å². The summed E-state index contributed by atoms with van der Waals surface area (Å²) in [5.41, 5.74) is 5.29. The Labute approximate surface area is 101 Å². The van der Waals surface area contributed by atoms with Gasteiger partial charge in [-0.25, -0.2) is 0 Å². The molecule has 1 atom stereocenters. The predicted molar refractivity (Wildman–Crippen MR) is 64.4 cm³/mol. The Bertz CT molecular complexity index is 230. The molecule has 0 fully saturated rings. The molecule has 0 rings (SSSR count). The number of hydrogen-bond donors (Lipinski definition) is 5. The minimum absolute atomic E-state index is 0.305. The van der Waals surface area contributed by atoms with E-state index in [2.05, 4.69) is 5.32 Å². The van der Waals surface area contributed by atoms with Gasteiger partial charge < -0.3 is 21.4 Å². The molecule has 7 nitrogen and oxygen atoms in total. The standard InChI is InChI=1S/C8H17N3O2.C2H4O2/c9-4-2-1-3-7(8(12)13)11-6-5-10;1-2(3)4/h5,7,10-11H,1-4,6,9H2,(H,12,13);1H3,(H,3,4)/t7-;/m0./s1. The van der Waals surface area contributed by atoms with E-state index in [1.54, 1.807) is 0 Å². The fraction of sp³-hybridized carbons (Fsp3) is 0.700. The van der Waals surface area contributed by atoms with Crippen molar-refractivity contribution >= 4 is 18.2 Å². The third-order valence-electron chi connectivity index (χ3n) is 1.71. The highest BCUT2D eigenvalue weighted by atomic mass is 16.4. The number of unbranched alkanes of at least 4 members (excludes halogenated alkanes) is 1. The molecular weight excluding hydrogens is 226 g/mol. The van der Waals surface area contributed by atoms with Crippen molar-refractivity contribution < 1.29 is 19.8 Å². The summed E-state index contributed by atoms with van der Waals surface area (Å²) in [7, 11) is 0. The third-order valence-corrected chi connectivity index (χ3v) is 1.71. The third kappa shape index (κ3) is 17.2. The van der Waals surface area contributed by atoms with Crippen molar-refractivity contribution in [2.75, 3.05) is 13.1 Å². The van der Waals surface area contributed by atoms with Crippen LogP contribution >= 0.6 is 0 Å². The predicted octanol–water partition coefficient (Wildman–Crippen LogP) is -0.101. The molecule has 0 saturated heterocycles. The van der Waals surface area contributed by atoms with E-state index in [0.717, 1.165) is 26.0 Å². The van der Waals surface area contributed by atoms with Gasteiger partial charge >= 0.3 is 5.97 Å². The molecule has 0 aliphatic rings. The fourth-order valence-corrected chi connectivity index (χ4v) is 1.01. The van der Waals surface area contributed by atoms with Gasteiger partial charge in [0, 0.05) is 19.7 Å². The van der Waals surface area contributed by atoms with Crippen molar-refractivity contribution in [3.05, 3.63) is 0 Å². The Morgan fingerprint density at radius 1 is 1.41 bits per heavy atom. The topological polar surface area (TPSA) is 136 Å². The lowest BCUT2D eigenvalue weighted by Crippen LogP contribution is -2.37. The summed E-state index contributed by atoms with van der Waals surface area (Å²) in [6.07, 6.45) is 3.37. The van der Waals surface area contributed by atoms with Crippen LogP contribution in [0.15, 0.2) is 0 Å². The molecule has 0 aromatic rings. The lowest BCUT2D eigenvalue weighted by atomic mass is 10.1. The van der Waals surface area contributed by atoms with Gasteiger partial charge in [0.15, 0.2) is 0 Å². The molecule has 7 heteroatoms. The van der Waals surface area contributed by atoms with Crippen molar-refractivity contribution in [2.24, 2.45) is 5.73 Å². The van der Waals surface area contributed by atoms with E-state index in [1.807, 2.05) is 0 Å². The zero-order valence-electron chi connectivity index (χ0n) is 9.98. The lowest BCUT2D eigenvalue weighted by molar-refractivity contribution is -0.139. The van der Waals surface area contributed by atoms with Crippen molar-refractivity contribution in [3.63, 3.8) is 0 Å². The molecule has 0 unspecified atom stereocenters. The van der Waals surface area contributed by atoms with Crippen molar-refractivity contribution in [2.45, 2.75) is 32.2 Å². The molecule has 0 aliphatic heterocycles. The molecule has 0 heterocycles. The van der Waals surface area contributed by atoms with Crippen LogP contribution in [0.5, 0.6) is 0 Å². The molecular formula is C10H21N3O4. The quantitative estimate of drug-likeness (QED) is 0.300. The van der Waals surface area contributed by atoms with Crippen molar-refractivity contribution in [1.29, 1.82) is 5.41 Å². The van der Waals surface area contributed by atoms with E-state index in [4.69, 9.17) is 26.2 Å². The summed E-state index contributed by atoms with van der Waals surface area (Å²) < 4.78 is 0. The monoisotopic (exact) mass is 247 g/mol. The first kappa shape index (κ1) is 17.9. The molecule has 6 N–H and O–H groups in total. The van der Waals surface area contributed by atoms with Crippen LogP contribution in [0.3, 0.4) is 0 Å². The van der Waals surface area contributed by atoms with Gasteiger partial charge in [-0.15, -0.1) is 0 Å². The summed E-state index contributed by atoms with van der Waals surface area (Å²) >= 11 is 0. The van der Waals surface area contributed by atoms with E-state index >= 15 is 0 Å². The van der Waals surface area contributed by atoms with Gasteiger partial charge in [-0.05, 0) is 19.4 Å². The number of carboxylic acids is 2. The maximum atomic E-state index is 10.6. The van der Waals surface area contributed by atoms with Gasteiger partial charge in [0.1, 0.15) is 6.04 Å². The normalized spacial score (nSPS) is 10.9. The molecule has 0 saturated carbocycles. The van der Waals surface area contributed by atoms with Crippen LogP contribution in [-0.4, -0.2) is 47.5 Å². The molecule has 17 heavy (non-hydrogen) atoms. The van der Waals surface area contributed by atoms with E-state index < -0.39 is 18.0 Å². The highest BCUT2D eigenvalue weighted by molar-refractivity contribution is 5.74. The molecule has 0 aromatic carbocycles. The molecule has 0 aromatic heterocycles. The SMILES string of the molecule is CC(=O)O.N=CCN[C@@H](CCCCN)C(=O)O. The molecule has 0 amide bonds. The smallest absolute Gasteiger partial charge is 0.320 e. The Kier molecular flexibility index (Phi) is 13.3. The highest BCUT2D eigenvalue weighted by Crippen LogP contribution is 1.99. The first-order valence-corrected chi connectivity index (χ1v) is 5.30. The number of nitrogens with one attached hydrogen (secondary N) is 2. The zero-order valence-corrected chi connectivity index (χ0v) is 9.98. The number of nitrogens with two attached hydrogens (primary N) is 1. The molecule has 100 valence electrons. The van der Waals surface area contributed by atoms with Gasteiger partial charge in [0.25, 0.3) is 5.97 Å². The second-order valence-corrected chi connectivity index (χ2v) is 3.31. The first-order valence-electron chi connectivity index (χ1n) is 5.30. The summed E-state index contributed by atoms with van der Waals surface area (Å²) in [6, 6.07) is -0.548. The molecule has 0 spiro atoms. The van der Waals surface area contributed by atoms with Crippen LogP contribution in [0.25, 0.3) is 0 Å². The summed E-state index contributed by atoms with van der Waals surface area (Å²) in [5.74, 6) is -1.70. The van der Waals surface area contributed by atoms with E-state index in [1.165, 1.54) is 0 Å². The highest BCUT2D eigenvalue weighted by Gasteiger charge is 2.14. The number of hydrogen-bond acceptors (Lipinski definition) is 5. The molecule has 0 radical (unpaired) electrons. The zero-order chi connectivity index (χ0) is 13.7. The summed E-state index contributed by atoms with van der Waals surface area (Å²) in [4.78, 5) is 19.6. The van der Waals surface area contributed by atoms with Gasteiger partial charge in [-0.2, -0.15) is 0 Å². The van der Waals surface area contributed by atoms with Crippen LogP contribution in [0.4, 0.5) is 0 Å². The van der Waals surface area contributed by atoms with Crippen molar-refractivity contribution in [1.82, 2.24) is 5.32 Å². The van der Waals surface area contributed by atoms with Gasteiger partial charge in [-0.1, -0.05) is 6.42 Å². The van der Waals surface area contributed by atoms with Gasteiger partial charge in [0.2, 0.25) is 0 Å². The van der Waals surface area contributed by atoms with E-state index in [9.17, 15) is 4.79 Å². The largest absolute Gasteiger partial charge is 0.481 e. The van der Waals surface area contributed by atoms with Gasteiger partial charge in [-0.3, -0.25) is 14.9 Å². The Morgan fingerprint density at radius 3 is 2.29 bits per heavy atom. The number of rotatable bonds is 8. The number of carbonyl (C=O) groups is 2. The summed E-state index contributed by atoms with van der Waals surface area (Å²) in [5, 5.41) is 25.6.